The van der Waals surface area contributed by atoms with Gasteiger partial charge in [0.2, 0.25) is 6.79 Å². The first-order chi connectivity index (χ1) is 13.4. The molecule has 0 N–H and O–H groups in total. The zero-order valence-electron chi connectivity index (χ0n) is 15.1. The summed E-state index contributed by atoms with van der Waals surface area (Å²) < 4.78 is 52.7. The zero-order valence-corrected chi connectivity index (χ0v) is 15.9. The van der Waals surface area contributed by atoms with Crippen LogP contribution in [0.25, 0.3) is 0 Å². The fraction of sp³-hybridized carbons (Fsp3) is 0.143. The van der Waals surface area contributed by atoms with Gasteiger partial charge in [-0.05, 0) is 48.4 Å². The van der Waals surface area contributed by atoms with Crippen LogP contribution in [0.4, 0.5) is 10.1 Å². The molecule has 144 valence electrons. The van der Waals surface area contributed by atoms with E-state index >= 15 is 0 Å². The van der Waals surface area contributed by atoms with Crippen LogP contribution in [0.5, 0.6) is 11.5 Å². The molecule has 0 bridgehead atoms. The molecule has 3 aromatic rings. The number of benzene rings is 3. The van der Waals surface area contributed by atoms with Crippen molar-refractivity contribution in [2.24, 2.45) is 0 Å². The van der Waals surface area contributed by atoms with Crippen LogP contribution in [0, 0.1) is 12.7 Å². The molecule has 0 unspecified atom stereocenters. The third-order valence-corrected chi connectivity index (χ3v) is 6.46. The lowest BCUT2D eigenvalue weighted by atomic mass is 10.2. The number of nitrogens with zero attached hydrogens (tertiary/aromatic N) is 1. The molecule has 1 aliphatic heterocycles. The fourth-order valence-electron chi connectivity index (χ4n) is 3.12. The van der Waals surface area contributed by atoms with Gasteiger partial charge in [-0.3, -0.25) is 4.31 Å². The molecule has 5 nitrogen and oxygen atoms in total. The van der Waals surface area contributed by atoms with Crippen LogP contribution in [0.2, 0.25) is 0 Å². The number of anilines is 1. The minimum absolute atomic E-state index is 0.0198. The van der Waals surface area contributed by atoms with Crippen molar-refractivity contribution in [1.29, 1.82) is 0 Å². The molecule has 1 heterocycles. The Morgan fingerprint density at radius 3 is 2.54 bits per heavy atom. The second-order valence-electron chi connectivity index (χ2n) is 6.44. The van der Waals surface area contributed by atoms with Crippen LogP contribution < -0.4 is 13.8 Å². The van der Waals surface area contributed by atoms with Gasteiger partial charge in [0.1, 0.15) is 5.82 Å². The van der Waals surface area contributed by atoms with Crippen molar-refractivity contribution in [3.05, 3.63) is 83.7 Å². The first kappa shape index (κ1) is 18.3. The van der Waals surface area contributed by atoms with Crippen molar-refractivity contribution >= 4 is 15.7 Å². The number of hydrogen-bond acceptors (Lipinski definition) is 4. The summed E-state index contributed by atoms with van der Waals surface area (Å²) in [5.41, 5.74) is 1.58. The summed E-state index contributed by atoms with van der Waals surface area (Å²) in [7, 11) is -3.90. The summed E-state index contributed by atoms with van der Waals surface area (Å²) in [6.07, 6.45) is 0. The van der Waals surface area contributed by atoms with Gasteiger partial charge < -0.3 is 9.47 Å². The first-order valence-corrected chi connectivity index (χ1v) is 10.1. The number of rotatable bonds is 5. The van der Waals surface area contributed by atoms with Gasteiger partial charge in [0.25, 0.3) is 10.0 Å². The van der Waals surface area contributed by atoms with Gasteiger partial charge in [-0.2, -0.15) is 0 Å². The SMILES string of the molecule is Cc1ccccc1S(=O)(=O)N(Cc1cccc(F)c1)c1ccc2c(c1)OCO2. The van der Waals surface area contributed by atoms with E-state index in [2.05, 4.69) is 0 Å². The van der Waals surface area contributed by atoms with E-state index < -0.39 is 15.8 Å². The Kier molecular flexibility index (Phi) is 4.68. The predicted octanol–water partition coefficient (Wildman–Crippen LogP) is 4.26. The normalized spacial score (nSPS) is 12.8. The van der Waals surface area contributed by atoms with E-state index in [-0.39, 0.29) is 18.2 Å². The number of sulfonamides is 1. The van der Waals surface area contributed by atoms with Gasteiger partial charge in [0.05, 0.1) is 17.1 Å². The molecular weight excluding hydrogens is 381 g/mol. The number of fused-ring (bicyclic) bond motifs is 1. The topological polar surface area (TPSA) is 55.8 Å². The monoisotopic (exact) mass is 399 g/mol. The molecule has 1 aliphatic rings. The molecule has 0 aliphatic carbocycles. The van der Waals surface area contributed by atoms with E-state index in [0.717, 1.165) is 0 Å². The maximum Gasteiger partial charge on any atom is 0.264 e. The summed E-state index contributed by atoms with van der Waals surface area (Å²) in [6, 6.07) is 17.6. The molecule has 0 saturated carbocycles. The first-order valence-electron chi connectivity index (χ1n) is 8.67. The van der Waals surface area contributed by atoms with Crippen molar-refractivity contribution in [1.82, 2.24) is 0 Å². The minimum atomic E-state index is -3.90. The van der Waals surface area contributed by atoms with Crippen LogP contribution in [0.1, 0.15) is 11.1 Å². The van der Waals surface area contributed by atoms with Crippen LogP contribution in [-0.2, 0) is 16.6 Å². The molecule has 0 spiro atoms. The van der Waals surface area contributed by atoms with Crippen LogP contribution in [0.15, 0.2) is 71.6 Å². The molecule has 4 rings (SSSR count). The maximum atomic E-state index is 13.7. The van der Waals surface area contributed by atoms with Crippen molar-refractivity contribution in [3.63, 3.8) is 0 Å². The van der Waals surface area contributed by atoms with Crippen molar-refractivity contribution in [3.8, 4) is 11.5 Å². The van der Waals surface area contributed by atoms with E-state index in [9.17, 15) is 12.8 Å². The highest BCUT2D eigenvalue weighted by Gasteiger charge is 2.28. The Morgan fingerprint density at radius 1 is 0.964 bits per heavy atom. The molecule has 7 heteroatoms. The Labute approximate surface area is 163 Å². The third-order valence-electron chi connectivity index (χ3n) is 4.52. The van der Waals surface area contributed by atoms with E-state index in [1.165, 1.54) is 16.4 Å². The number of hydrogen-bond donors (Lipinski definition) is 0. The highest BCUT2D eigenvalue weighted by atomic mass is 32.2. The van der Waals surface area contributed by atoms with Crippen LogP contribution >= 0.6 is 0 Å². The van der Waals surface area contributed by atoms with Crippen LogP contribution in [-0.4, -0.2) is 15.2 Å². The summed E-state index contributed by atoms with van der Waals surface area (Å²) in [4.78, 5) is 0.198. The minimum Gasteiger partial charge on any atom is -0.454 e. The van der Waals surface area contributed by atoms with E-state index in [1.54, 1.807) is 61.5 Å². The number of ether oxygens (including phenoxy) is 2. The molecule has 28 heavy (non-hydrogen) atoms. The van der Waals surface area contributed by atoms with Gasteiger partial charge in [-0.15, -0.1) is 0 Å². The van der Waals surface area contributed by atoms with Crippen molar-refractivity contribution in [2.75, 3.05) is 11.1 Å². The molecule has 0 atom stereocenters. The number of aryl methyl sites for hydroxylation is 1. The second kappa shape index (κ2) is 7.16. The number of halogens is 1. The smallest absolute Gasteiger partial charge is 0.264 e. The molecule has 0 amide bonds. The molecule has 0 radical (unpaired) electrons. The third kappa shape index (κ3) is 3.41. The highest BCUT2D eigenvalue weighted by molar-refractivity contribution is 7.92. The summed E-state index contributed by atoms with van der Waals surface area (Å²) in [5, 5.41) is 0. The lowest BCUT2D eigenvalue weighted by Gasteiger charge is -2.25. The van der Waals surface area contributed by atoms with Crippen molar-refractivity contribution in [2.45, 2.75) is 18.4 Å². The van der Waals surface area contributed by atoms with E-state index in [1.807, 2.05) is 0 Å². The van der Waals surface area contributed by atoms with E-state index in [0.29, 0.717) is 28.3 Å². The van der Waals surface area contributed by atoms with Gasteiger partial charge in [0.15, 0.2) is 11.5 Å². The van der Waals surface area contributed by atoms with Gasteiger partial charge in [-0.25, -0.2) is 12.8 Å². The Morgan fingerprint density at radius 2 is 1.75 bits per heavy atom. The Bertz CT molecular complexity index is 1130. The molecule has 0 aromatic heterocycles. The molecular formula is C21H18FNO4S. The molecule has 3 aromatic carbocycles. The summed E-state index contributed by atoms with van der Waals surface area (Å²) in [5.74, 6) is 0.612. The zero-order chi connectivity index (χ0) is 19.7. The van der Waals surface area contributed by atoms with Gasteiger partial charge >= 0.3 is 0 Å². The quantitative estimate of drug-likeness (QED) is 0.643. The van der Waals surface area contributed by atoms with Crippen LogP contribution in [0.3, 0.4) is 0 Å². The average molecular weight is 399 g/mol. The van der Waals surface area contributed by atoms with Crippen molar-refractivity contribution < 1.29 is 22.3 Å². The fourth-order valence-corrected chi connectivity index (χ4v) is 4.79. The Balaban J connectivity index is 1.83. The van der Waals surface area contributed by atoms with Gasteiger partial charge in [-0.1, -0.05) is 30.3 Å². The van der Waals surface area contributed by atoms with Gasteiger partial charge in [0, 0.05) is 6.07 Å². The molecule has 0 saturated heterocycles. The standard InChI is InChI=1S/C21H18FNO4S/c1-15-5-2-3-8-21(15)28(24,25)23(13-16-6-4-7-17(22)11-16)18-9-10-19-20(12-18)27-14-26-19/h2-12H,13-14H2,1H3. The maximum absolute atomic E-state index is 13.7. The molecule has 0 fully saturated rings. The summed E-state index contributed by atoms with van der Waals surface area (Å²) in [6.45, 7) is 1.81. The Hall–Kier alpha value is -3.06. The highest BCUT2D eigenvalue weighted by Crippen LogP contribution is 2.37. The summed E-state index contributed by atoms with van der Waals surface area (Å²) >= 11 is 0. The average Bonchev–Trinajstić information content (AvgIpc) is 3.14. The largest absolute Gasteiger partial charge is 0.454 e. The lowest BCUT2D eigenvalue weighted by molar-refractivity contribution is 0.174. The second-order valence-corrected chi connectivity index (χ2v) is 8.28. The predicted molar refractivity (Wildman–Crippen MR) is 104 cm³/mol. The lowest BCUT2D eigenvalue weighted by Crippen LogP contribution is -2.31. The van der Waals surface area contributed by atoms with E-state index in [4.69, 9.17) is 9.47 Å².